The molecule has 3 nitrogen and oxygen atoms in total. The van der Waals surface area contributed by atoms with Gasteiger partial charge in [0.2, 0.25) is 0 Å². The molecule has 0 atom stereocenters. The maximum atomic E-state index is 14.4. The molecule has 0 saturated heterocycles. The van der Waals surface area contributed by atoms with E-state index < -0.39 is 11.4 Å². The molecule has 2 aromatic rings. The van der Waals surface area contributed by atoms with Crippen molar-refractivity contribution in [3.63, 3.8) is 0 Å². The van der Waals surface area contributed by atoms with Crippen LogP contribution in [0.3, 0.4) is 0 Å². The number of aryl methyl sites for hydroxylation is 1. The van der Waals surface area contributed by atoms with E-state index in [-0.39, 0.29) is 10.7 Å². The fourth-order valence-electron chi connectivity index (χ4n) is 3.40. The molecule has 0 unspecified atom stereocenters. The normalized spacial score (nSPS) is 17.4. The highest BCUT2D eigenvalue weighted by atomic mass is 32.1. The van der Waals surface area contributed by atoms with Gasteiger partial charge in [0, 0.05) is 5.56 Å². The van der Waals surface area contributed by atoms with Crippen LogP contribution in [0, 0.1) is 12.7 Å². The Morgan fingerprint density at radius 2 is 1.95 bits per heavy atom. The van der Waals surface area contributed by atoms with E-state index in [0.29, 0.717) is 11.3 Å². The predicted molar refractivity (Wildman–Crippen MR) is 84.1 cm³/mol. The largest absolute Gasteiger partial charge is 0.477 e. The molecule has 3 rings (SSSR count). The molecule has 1 aromatic carbocycles. The highest BCUT2D eigenvalue weighted by molar-refractivity contribution is 7.13. The molecule has 1 saturated carbocycles. The van der Waals surface area contributed by atoms with E-state index in [0.717, 1.165) is 37.1 Å². The first kappa shape index (κ1) is 15.2. The van der Waals surface area contributed by atoms with Crippen molar-refractivity contribution in [3.8, 4) is 0 Å². The second-order valence-electron chi connectivity index (χ2n) is 5.86. The lowest BCUT2D eigenvalue weighted by molar-refractivity contribution is 0.0701. The summed E-state index contributed by atoms with van der Waals surface area (Å²) in [6.07, 6.45) is 4.79. The fourth-order valence-corrected chi connectivity index (χ4v) is 4.57. The number of carboxylic acids is 1. The predicted octanol–water partition coefficient (Wildman–Crippen LogP) is 4.54. The first-order valence-corrected chi connectivity index (χ1v) is 8.32. The topological polar surface area (TPSA) is 50.2 Å². The van der Waals surface area contributed by atoms with Crippen molar-refractivity contribution in [2.45, 2.75) is 44.4 Å². The Morgan fingerprint density at radius 3 is 2.55 bits per heavy atom. The van der Waals surface area contributed by atoms with Gasteiger partial charge >= 0.3 is 5.97 Å². The lowest BCUT2D eigenvalue weighted by Crippen LogP contribution is -2.31. The number of hydrogen-bond donors (Lipinski definition) is 1. The molecule has 0 spiro atoms. The first-order chi connectivity index (χ1) is 10.5. The molecule has 5 heteroatoms. The Morgan fingerprint density at radius 1 is 1.27 bits per heavy atom. The van der Waals surface area contributed by atoms with Crippen molar-refractivity contribution in [1.29, 1.82) is 0 Å². The number of carbonyl (C=O) groups is 1. The molecule has 0 radical (unpaired) electrons. The van der Waals surface area contributed by atoms with Crippen LogP contribution in [-0.4, -0.2) is 16.1 Å². The summed E-state index contributed by atoms with van der Waals surface area (Å²) in [5.74, 6) is -1.19. The Hall–Kier alpha value is -1.75. The zero-order valence-corrected chi connectivity index (χ0v) is 13.3. The van der Waals surface area contributed by atoms with E-state index in [1.807, 2.05) is 12.1 Å². The minimum absolute atomic E-state index is 0.228. The van der Waals surface area contributed by atoms with Crippen molar-refractivity contribution >= 4 is 17.3 Å². The summed E-state index contributed by atoms with van der Waals surface area (Å²) in [6.45, 7) is 1.71. The maximum absolute atomic E-state index is 14.4. The third kappa shape index (κ3) is 2.43. The molecule has 0 bridgehead atoms. The fraction of sp³-hybridized carbons (Fsp3) is 0.412. The number of hydrogen-bond acceptors (Lipinski definition) is 3. The number of aromatic carboxylic acids is 1. The van der Waals surface area contributed by atoms with E-state index in [2.05, 4.69) is 4.98 Å². The molecular formula is C17H18FNO2S. The van der Waals surface area contributed by atoms with Crippen molar-refractivity contribution in [1.82, 2.24) is 4.98 Å². The zero-order valence-electron chi connectivity index (χ0n) is 12.4. The number of benzene rings is 1. The average Bonchev–Trinajstić information content (AvgIpc) is 2.91. The Labute approximate surface area is 132 Å². The van der Waals surface area contributed by atoms with Crippen LogP contribution in [0.25, 0.3) is 0 Å². The van der Waals surface area contributed by atoms with Crippen molar-refractivity contribution in [2.24, 2.45) is 0 Å². The van der Waals surface area contributed by atoms with Crippen molar-refractivity contribution in [3.05, 3.63) is 51.2 Å². The summed E-state index contributed by atoms with van der Waals surface area (Å²) in [7, 11) is 0. The smallest absolute Gasteiger partial charge is 0.347 e. The van der Waals surface area contributed by atoms with Crippen LogP contribution in [0.15, 0.2) is 24.3 Å². The third-order valence-corrected chi connectivity index (χ3v) is 5.85. The molecular weight excluding hydrogens is 301 g/mol. The average molecular weight is 319 g/mol. The second-order valence-corrected chi connectivity index (χ2v) is 6.86. The van der Waals surface area contributed by atoms with E-state index >= 15 is 0 Å². The Balaban J connectivity index is 2.17. The van der Waals surface area contributed by atoms with Crippen LogP contribution in [0.4, 0.5) is 4.39 Å². The quantitative estimate of drug-likeness (QED) is 0.903. The first-order valence-electron chi connectivity index (χ1n) is 7.51. The zero-order chi connectivity index (χ0) is 15.7. The number of thiazole rings is 1. The molecule has 1 aromatic heterocycles. The lowest BCUT2D eigenvalue weighted by atomic mass is 9.69. The standard InChI is InChI=1S/C17H18FNO2S/c1-11-14(15(20)21)22-16(19-11)17(9-5-2-6-10-17)12-7-3-4-8-13(12)18/h3-4,7-8H,2,5-6,9-10H2,1H3,(H,20,21). The van der Waals surface area contributed by atoms with Crippen LogP contribution < -0.4 is 0 Å². The van der Waals surface area contributed by atoms with Crippen molar-refractivity contribution < 1.29 is 14.3 Å². The van der Waals surface area contributed by atoms with Crippen LogP contribution in [-0.2, 0) is 5.41 Å². The lowest BCUT2D eigenvalue weighted by Gasteiger charge is -2.36. The number of halogens is 1. The van der Waals surface area contributed by atoms with Gasteiger partial charge in [-0.05, 0) is 25.8 Å². The van der Waals surface area contributed by atoms with Gasteiger partial charge in [-0.3, -0.25) is 0 Å². The van der Waals surface area contributed by atoms with Gasteiger partial charge < -0.3 is 5.11 Å². The molecule has 1 N–H and O–H groups in total. The van der Waals surface area contributed by atoms with E-state index in [9.17, 15) is 14.3 Å². The van der Waals surface area contributed by atoms with Gasteiger partial charge in [0.25, 0.3) is 0 Å². The maximum Gasteiger partial charge on any atom is 0.347 e. The number of nitrogens with zero attached hydrogens (tertiary/aromatic N) is 1. The SMILES string of the molecule is Cc1nc(C2(c3ccccc3F)CCCCC2)sc1C(=O)O. The Kier molecular flexibility index (Phi) is 4.00. The van der Waals surface area contributed by atoms with Crippen molar-refractivity contribution in [2.75, 3.05) is 0 Å². The minimum Gasteiger partial charge on any atom is -0.477 e. The van der Waals surface area contributed by atoms with Gasteiger partial charge in [0.1, 0.15) is 15.7 Å². The molecule has 1 heterocycles. The van der Waals surface area contributed by atoms with Crippen LogP contribution in [0.2, 0.25) is 0 Å². The molecule has 1 aliphatic carbocycles. The van der Waals surface area contributed by atoms with Gasteiger partial charge in [0.15, 0.2) is 0 Å². The molecule has 22 heavy (non-hydrogen) atoms. The summed E-state index contributed by atoms with van der Waals surface area (Å²) in [6, 6.07) is 6.82. The van der Waals surface area contributed by atoms with Gasteiger partial charge in [-0.1, -0.05) is 37.5 Å². The molecule has 1 fully saturated rings. The van der Waals surface area contributed by atoms with Crippen LogP contribution >= 0.6 is 11.3 Å². The number of aromatic nitrogens is 1. The highest BCUT2D eigenvalue weighted by Gasteiger charge is 2.41. The molecule has 0 amide bonds. The van der Waals surface area contributed by atoms with E-state index in [1.165, 1.54) is 17.4 Å². The van der Waals surface area contributed by atoms with Gasteiger partial charge in [-0.25, -0.2) is 14.2 Å². The number of carboxylic acid groups (broad SMARTS) is 1. The van der Waals surface area contributed by atoms with E-state index in [1.54, 1.807) is 13.0 Å². The molecule has 0 aliphatic heterocycles. The molecule has 116 valence electrons. The van der Waals surface area contributed by atoms with Gasteiger partial charge in [0.05, 0.1) is 11.1 Å². The third-order valence-electron chi connectivity index (χ3n) is 4.50. The van der Waals surface area contributed by atoms with Crippen LogP contribution in [0.1, 0.15) is 58.0 Å². The summed E-state index contributed by atoms with van der Waals surface area (Å²) in [4.78, 5) is 16.1. The molecule has 1 aliphatic rings. The summed E-state index contributed by atoms with van der Waals surface area (Å²) in [5, 5.41) is 10.0. The number of rotatable bonds is 3. The second kappa shape index (κ2) is 5.80. The van der Waals surface area contributed by atoms with Gasteiger partial charge in [-0.2, -0.15) is 0 Å². The van der Waals surface area contributed by atoms with E-state index in [4.69, 9.17) is 0 Å². The minimum atomic E-state index is -0.958. The Bertz CT molecular complexity index is 704. The highest BCUT2D eigenvalue weighted by Crippen LogP contribution is 2.47. The summed E-state index contributed by atoms with van der Waals surface area (Å²) in [5.41, 5.74) is 0.696. The van der Waals surface area contributed by atoms with Gasteiger partial charge in [-0.15, -0.1) is 11.3 Å². The summed E-state index contributed by atoms with van der Waals surface area (Å²) < 4.78 is 14.4. The summed E-state index contributed by atoms with van der Waals surface area (Å²) >= 11 is 1.20. The monoisotopic (exact) mass is 319 g/mol. The van der Waals surface area contributed by atoms with Crippen LogP contribution in [0.5, 0.6) is 0 Å².